The average Bonchev–Trinajstić information content (AvgIpc) is 2.15. The molecule has 1 rings (SSSR count). The van der Waals surface area contributed by atoms with Crippen LogP contribution in [0.5, 0.6) is 0 Å². The fourth-order valence-corrected chi connectivity index (χ4v) is 1.47. The van der Waals surface area contributed by atoms with Crippen LogP contribution in [0.2, 0.25) is 0 Å². The minimum absolute atomic E-state index is 0.0699. The second kappa shape index (κ2) is 4.80. The zero-order valence-electron chi connectivity index (χ0n) is 7.32. The van der Waals surface area contributed by atoms with Crippen LogP contribution in [0.15, 0.2) is 29.2 Å². The van der Waals surface area contributed by atoms with Crippen molar-refractivity contribution in [1.29, 1.82) is 0 Å². The molecule has 0 aromatic heterocycles. The normalized spacial score (nSPS) is 12.0. The highest BCUT2D eigenvalue weighted by molar-refractivity contribution is 7.80. The summed E-state index contributed by atoms with van der Waals surface area (Å²) in [6.45, 7) is 2.04. The number of terminal acetylenes is 1. The van der Waals surface area contributed by atoms with E-state index in [1.54, 1.807) is 12.1 Å². The van der Waals surface area contributed by atoms with E-state index in [-0.39, 0.29) is 6.61 Å². The molecular weight excluding hydrogens is 184 g/mol. The van der Waals surface area contributed by atoms with Gasteiger partial charge in [0.1, 0.15) is 6.61 Å². The van der Waals surface area contributed by atoms with E-state index in [0.717, 1.165) is 5.56 Å². The Balaban J connectivity index is 2.68. The highest BCUT2D eigenvalue weighted by Crippen LogP contribution is 2.08. The SMILES string of the molecule is C#CCOS(=O)c1ccc(C)cc1. The van der Waals surface area contributed by atoms with Gasteiger partial charge in [0.05, 0.1) is 4.90 Å². The minimum atomic E-state index is -1.43. The summed E-state index contributed by atoms with van der Waals surface area (Å²) in [5.74, 6) is 2.26. The number of hydrogen-bond donors (Lipinski definition) is 0. The van der Waals surface area contributed by atoms with Crippen molar-refractivity contribution in [2.45, 2.75) is 11.8 Å². The van der Waals surface area contributed by atoms with E-state index in [1.165, 1.54) is 0 Å². The third-order valence-corrected chi connectivity index (χ3v) is 2.45. The van der Waals surface area contributed by atoms with Crippen LogP contribution in [0.3, 0.4) is 0 Å². The molecule has 0 aliphatic carbocycles. The summed E-state index contributed by atoms with van der Waals surface area (Å²) in [6, 6.07) is 7.29. The second-order valence-corrected chi connectivity index (χ2v) is 3.69. The van der Waals surface area contributed by atoms with Gasteiger partial charge in [-0.15, -0.1) is 6.42 Å². The molecule has 3 heteroatoms. The van der Waals surface area contributed by atoms with Gasteiger partial charge in [-0.25, -0.2) is 4.21 Å². The number of hydrogen-bond acceptors (Lipinski definition) is 2. The molecule has 0 radical (unpaired) electrons. The molecule has 0 bridgehead atoms. The Morgan fingerprint density at radius 1 is 1.46 bits per heavy atom. The number of rotatable bonds is 3. The lowest BCUT2D eigenvalue weighted by Crippen LogP contribution is -1.97. The second-order valence-electron chi connectivity index (χ2n) is 2.51. The fourth-order valence-electron chi connectivity index (χ4n) is 0.805. The largest absolute Gasteiger partial charge is 0.274 e. The van der Waals surface area contributed by atoms with E-state index < -0.39 is 11.1 Å². The predicted octanol–water partition coefficient (Wildman–Crippen LogP) is 1.67. The molecule has 1 atom stereocenters. The van der Waals surface area contributed by atoms with Gasteiger partial charge >= 0.3 is 0 Å². The Bertz CT molecular complexity index is 335. The summed E-state index contributed by atoms with van der Waals surface area (Å²) in [5.41, 5.74) is 1.12. The third kappa shape index (κ3) is 3.02. The van der Waals surface area contributed by atoms with Gasteiger partial charge in [-0.2, -0.15) is 0 Å². The van der Waals surface area contributed by atoms with Crippen molar-refractivity contribution < 1.29 is 8.39 Å². The Morgan fingerprint density at radius 3 is 2.62 bits per heavy atom. The lowest BCUT2D eigenvalue weighted by atomic mass is 10.2. The van der Waals surface area contributed by atoms with Crippen LogP contribution in [-0.2, 0) is 15.3 Å². The lowest BCUT2D eigenvalue weighted by molar-refractivity contribution is 0.402. The smallest absolute Gasteiger partial charge is 0.190 e. The van der Waals surface area contributed by atoms with E-state index in [9.17, 15) is 4.21 Å². The van der Waals surface area contributed by atoms with Gasteiger partial charge in [-0.3, -0.25) is 4.18 Å². The van der Waals surface area contributed by atoms with Crippen molar-refractivity contribution in [3.63, 3.8) is 0 Å². The standard InChI is InChI=1S/C10H10O2S/c1-3-8-12-13(11)10-6-4-9(2)5-7-10/h1,4-7H,8H2,2H3. The third-order valence-electron chi connectivity index (χ3n) is 1.46. The van der Waals surface area contributed by atoms with Crippen LogP contribution in [0.25, 0.3) is 0 Å². The topological polar surface area (TPSA) is 26.3 Å². The molecule has 0 aliphatic rings. The molecule has 0 aliphatic heterocycles. The number of aryl methyl sites for hydroxylation is 1. The molecule has 1 aromatic carbocycles. The molecule has 1 aromatic rings. The van der Waals surface area contributed by atoms with Crippen LogP contribution in [0.1, 0.15) is 5.56 Å². The van der Waals surface area contributed by atoms with Gasteiger partial charge in [0, 0.05) is 0 Å². The maximum absolute atomic E-state index is 11.3. The van der Waals surface area contributed by atoms with E-state index in [1.807, 2.05) is 19.1 Å². The van der Waals surface area contributed by atoms with Crippen molar-refractivity contribution in [1.82, 2.24) is 0 Å². The van der Waals surface area contributed by atoms with Gasteiger partial charge in [0.25, 0.3) is 0 Å². The van der Waals surface area contributed by atoms with Gasteiger partial charge in [-0.05, 0) is 19.1 Å². The summed E-state index contributed by atoms with van der Waals surface area (Å²) in [6.07, 6.45) is 4.97. The molecule has 13 heavy (non-hydrogen) atoms. The Labute approximate surface area is 80.6 Å². The van der Waals surface area contributed by atoms with Crippen molar-refractivity contribution in [2.75, 3.05) is 6.61 Å². The van der Waals surface area contributed by atoms with E-state index in [0.29, 0.717) is 4.90 Å². The van der Waals surface area contributed by atoms with Crippen molar-refractivity contribution in [3.05, 3.63) is 29.8 Å². The summed E-state index contributed by atoms with van der Waals surface area (Å²) in [4.78, 5) is 0.640. The van der Waals surface area contributed by atoms with Crippen molar-refractivity contribution in [2.24, 2.45) is 0 Å². The molecule has 0 saturated carbocycles. The maximum Gasteiger partial charge on any atom is 0.190 e. The quantitative estimate of drug-likeness (QED) is 0.684. The Hall–Kier alpha value is -1.11. The van der Waals surface area contributed by atoms with E-state index >= 15 is 0 Å². The summed E-state index contributed by atoms with van der Waals surface area (Å²) >= 11 is -1.43. The summed E-state index contributed by atoms with van der Waals surface area (Å²) in [5, 5.41) is 0. The highest BCUT2D eigenvalue weighted by atomic mass is 32.2. The highest BCUT2D eigenvalue weighted by Gasteiger charge is 2.01. The van der Waals surface area contributed by atoms with E-state index in [2.05, 4.69) is 5.92 Å². The minimum Gasteiger partial charge on any atom is -0.274 e. The monoisotopic (exact) mass is 194 g/mol. The first-order chi connectivity index (χ1) is 6.24. The first-order valence-electron chi connectivity index (χ1n) is 3.79. The zero-order valence-corrected chi connectivity index (χ0v) is 8.14. The molecule has 0 heterocycles. The first-order valence-corrected chi connectivity index (χ1v) is 4.86. The molecule has 0 amide bonds. The van der Waals surface area contributed by atoms with Crippen LogP contribution in [0.4, 0.5) is 0 Å². The van der Waals surface area contributed by atoms with Crippen molar-refractivity contribution >= 4 is 11.1 Å². The maximum atomic E-state index is 11.3. The van der Waals surface area contributed by atoms with Gasteiger partial charge in [0.15, 0.2) is 11.1 Å². The van der Waals surface area contributed by atoms with Crippen LogP contribution >= 0.6 is 0 Å². The molecule has 0 saturated heterocycles. The van der Waals surface area contributed by atoms with Crippen LogP contribution < -0.4 is 0 Å². The first kappa shape index (κ1) is 9.97. The molecule has 0 N–H and O–H groups in total. The molecule has 0 spiro atoms. The molecule has 2 nitrogen and oxygen atoms in total. The summed E-state index contributed by atoms with van der Waals surface area (Å²) < 4.78 is 16.2. The average molecular weight is 194 g/mol. The molecule has 1 unspecified atom stereocenters. The van der Waals surface area contributed by atoms with Gasteiger partial charge in [0.2, 0.25) is 0 Å². The predicted molar refractivity (Wildman–Crippen MR) is 52.4 cm³/mol. The Morgan fingerprint density at radius 2 is 2.08 bits per heavy atom. The fraction of sp³-hybridized carbons (Fsp3) is 0.200. The van der Waals surface area contributed by atoms with Crippen LogP contribution in [-0.4, -0.2) is 10.8 Å². The molecule has 0 fully saturated rings. The van der Waals surface area contributed by atoms with E-state index in [4.69, 9.17) is 10.6 Å². The van der Waals surface area contributed by atoms with Gasteiger partial charge < -0.3 is 0 Å². The Kier molecular flexibility index (Phi) is 3.69. The summed E-state index contributed by atoms with van der Waals surface area (Å²) in [7, 11) is 0. The van der Waals surface area contributed by atoms with Crippen molar-refractivity contribution in [3.8, 4) is 12.3 Å². The molecule has 68 valence electrons. The lowest BCUT2D eigenvalue weighted by Gasteiger charge is -1.99. The molecular formula is C10H10O2S. The zero-order chi connectivity index (χ0) is 9.68. The van der Waals surface area contributed by atoms with Crippen LogP contribution in [0, 0.1) is 19.3 Å². The van der Waals surface area contributed by atoms with Gasteiger partial charge in [-0.1, -0.05) is 23.6 Å². The number of benzene rings is 1.